The van der Waals surface area contributed by atoms with Crippen LogP contribution in [0.25, 0.3) is 17.2 Å². The lowest BCUT2D eigenvalue weighted by Gasteiger charge is -2.18. The van der Waals surface area contributed by atoms with E-state index in [2.05, 4.69) is 64.1 Å². The number of hydrogen-bond acceptors (Lipinski definition) is 0. The van der Waals surface area contributed by atoms with Gasteiger partial charge in [0.05, 0.1) is 0 Å². The van der Waals surface area contributed by atoms with Crippen LogP contribution in [-0.2, 0) is 6.42 Å². The third-order valence-corrected chi connectivity index (χ3v) is 4.46. The number of rotatable bonds is 1. The van der Waals surface area contributed by atoms with Crippen molar-refractivity contribution in [2.24, 2.45) is 0 Å². The number of fused-ring (bicyclic) bond motifs is 1. The Morgan fingerprint density at radius 2 is 1.47 bits per heavy atom. The first-order valence-electron chi connectivity index (χ1n) is 6.95. The molecule has 0 fully saturated rings. The molecule has 0 nitrogen and oxygen atoms in total. The summed E-state index contributed by atoms with van der Waals surface area (Å²) in [6, 6.07) is 10.8. The summed E-state index contributed by atoms with van der Waals surface area (Å²) in [5, 5.41) is 0. The molecule has 0 unspecified atom stereocenters. The van der Waals surface area contributed by atoms with Crippen molar-refractivity contribution in [3.8, 4) is 11.1 Å². The monoisotopic (exact) mass is 248 g/mol. The van der Waals surface area contributed by atoms with Crippen LogP contribution in [0.15, 0.2) is 35.9 Å². The Hall–Kier alpha value is -1.82. The van der Waals surface area contributed by atoms with Gasteiger partial charge in [-0.15, -0.1) is 0 Å². The summed E-state index contributed by atoms with van der Waals surface area (Å²) in [5.74, 6) is 0. The predicted octanol–water partition coefficient (Wildman–Crippen LogP) is 5.24. The van der Waals surface area contributed by atoms with Gasteiger partial charge in [0.15, 0.2) is 0 Å². The SMILES string of the molecule is CC1=Cc2c(c(C)c(C)c(C)c2-c2ccccc2)C1. The Morgan fingerprint density at radius 3 is 2.16 bits per heavy atom. The average molecular weight is 248 g/mol. The lowest BCUT2D eigenvalue weighted by molar-refractivity contribution is 1.13. The van der Waals surface area contributed by atoms with Crippen molar-refractivity contribution in [3.63, 3.8) is 0 Å². The van der Waals surface area contributed by atoms with E-state index in [4.69, 9.17) is 0 Å². The molecule has 3 rings (SSSR count). The summed E-state index contributed by atoms with van der Waals surface area (Å²) in [4.78, 5) is 0. The van der Waals surface area contributed by atoms with E-state index in [1.807, 2.05) is 0 Å². The van der Waals surface area contributed by atoms with Crippen molar-refractivity contribution >= 4 is 6.08 Å². The molecule has 0 aromatic heterocycles. The molecule has 0 radical (unpaired) electrons. The summed E-state index contributed by atoms with van der Waals surface area (Å²) >= 11 is 0. The van der Waals surface area contributed by atoms with Gasteiger partial charge in [0.1, 0.15) is 0 Å². The first-order valence-corrected chi connectivity index (χ1v) is 6.95. The van der Waals surface area contributed by atoms with Crippen molar-refractivity contribution in [1.82, 2.24) is 0 Å². The molecule has 0 N–H and O–H groups in total. The van der Waals surface area contributed by atoms with Gasteiger partial charge in [0, 0.05) is 0 Å². The van der Waals surface area contributed by atoms with Gasteiger partial charge >= 0.3 is 0 Å². The molecule has 0 atom stereocenters. The zero-order chi connectivity index (χ0) is 13.6. The maximum absolute atomic E-state index is 2.37. The van der Waals surface area contributed by atoms with Crippen LogP contribution in [0.5, 0.6) is 0 Å². The molecule has 2 aromatic rings. The Bertz CT molecular complexity index is 673. The molecular weight excluding hydrogens is 228 g/mol. The highest BCUT2D eigenvalue weighted by Gasteiger charge is 2.21. The first-order chi connectivity index (χ1) is 9.09. The first kappa shape index (κ1) is 12.2. The summed E-state index contributed by atoms with van der Waals surface area (Å²) in [5.41, 5.74) is 11.6. The Balaban J connectivity index is 2.37. The molecule has 1 aliphatic carbocycles. The summed E-state index contributed by atoms with van der Waals surface area (Å²) < 4.78 is 0. The highest BCUT2D eigenvalue weighted by Crippen LogP contribution is 2.40. The lowest BCUT2D eigenvalue weighted by Crippen LogP contribution is -1.99. The van der Waals surface area contributed by atoms with Crippen LogP contribution in [0.1, 0.15) is 34.7 Å². The van der Waals surface area contributed by atoms with E-state index < -0.39 is 0 Å². The predicted molar refractivity (Wildman–Crippen MR) is 83.4 cm³/mol. The summed E-state index contributed by atoms with van der Waals surface area (Å²) in [6.07, 6.45) is 3.49. The van der Waals surface area contributed by atoms with Crippen LogP contribution in [0.4, 0.5) is 0 Å². The van der Waals surface area contributed by atoms with Crippen molar-refractivity contribution in [2.75, 3.05) is 0 Å². The van der Waals surface area contributed by atoms with E-state index in [-0.39, 0.29) is 0 Å². The normalized spacial score (nSPS) is 13.4. The van der Waals surface area contributed by atoms with Gasteiger partial charge in [0.25, 0.3) is 0 Å². The molecule has 0 saturated carbocycles. The zero-order valence-corrected chi connectivity index (χ0v) is 12.2. The highest BCUT2D eigenvalue weighted by atomic mass is 14.2. The lowest BCUT2D eigenvalue weighted by atomic mass is 9.86. The third-order valence-electron chi connectivity index (χ3n) is 4.46. The second kappa shape index (κ2) is 4.38. The quantitative estimate of drug-likeness (QED) is 0.647. The van der Waals surface area contributed by atoms with Gasteiger partial charge in [-0.05, 0) is 73.1 Å². The van der Waals surface area contributed by atoms with Crippen LogP contribution < -0.4 is 0 Å². The van der Waals surface area contributed by atoms with Crippen LogP contribution in [0.2, 0.25) is 0 Å². The standard InChI is InChI=1S/C19H20/c1-12-10-17-14(3)13(2)15(4)19(18(17)11-12)16-8-6-5-7-9-16/h5-9,11H,10H2,1-4H3. The largest absolute Gasteiger partial charge is 0.0683 e. The van der Waals surface area contributed by atoms with Crippen molar-refractivity contribution < 1.29 is 0 Å². The van der Waals surface area contributed by atoms with E-state index in [9.17, 15) is 0 Å². The van der Waals surface area contributed by atoms with Crippen LogP contribution in [-0.4, -0.2) is 0 Å². The van der Waals surface area contributed by atoms with Crippen molar-refractivity contribution in [3.05, 3.63) is 63.7 Å². The molecule has 0 spiro atoms. The second-order valence-electron chi connectivity index (χ2n) is 5.68. The molecule has 0 heteroatoms. The van der Waals surface area contributed by atoms with Crippen LogP contribution >= 0.6 is 0 Å². The highest BCUT2D eigenvalue weighted by molar-refractivity contribution is 5.84. The minimum absolute atomic E-state index is 1.11. The number of benzene rings is 2. The number of allylic oxidation sites excluding steroid dienone is 1. The Kier molecular flexibility index (Phi) is 2.82. The molecule has 1 aliphatic rings. The molecule has 19 heavy (non-hydrogen) atoms. The minimum atomic E-state index is 1.11. The zero-order valence-electron chi connectivity index (χ0n) is 12.2. The van der Waals surface area contributed by atoms with Gasteiger partial charge in [-0.1, -0.05) is 42.0 Å². The van der Waals surface area contributed by atoms with Gasteiger partial charge in [-0.3, -0.25) is 0 Å². The molecule has 0 amide bonds. The average Bonchev–Trinajstić information content (AvgIpc) is 2.79. The fourth-order valence-corrected chi connectivity index (χ4v) is 3.19. The maximum atomic E-state index is 2.37. The van der Waals surface area contributed by atoms with Crippen molar-refractivity contribution in [2.45, 2.75) is 34.1 Å². The molecule has 96 valence electrons. The summed E-state index contributed by atoms with van der Waals surface area (Å²) in [7, 11) is 0. The van der Waals surface area contributed by atoms with Gasteiger partial charge in [0.2, 0.25) is 0 Å². The fraction of sp³-hybridized carbons (Fsp3) is 0.263. The maximum Gasteiger partial charge on any atom is -0.00576 e. The Labute approximate surface area is 115 Å². The van der Waals surface area contributed by atoms with E-state index >= 15 is 0 Å². The molecule has 0 heterocycles. The van der Waals surface area contributed by atoms with E-state index in [1.165, 1.54) is 44.5 Å². The molecule has 0 bridgehead atoms. The fourth-order valence-electron chi connectivity index (χ4n) is 3.19. The van der Waals surface area contributed by atoms with Gasteiger partial charge < -0.3 is 0 Å². The van der Waals surface area contributed by atoms with E-state index in [0.717, 1.165) is 6.42 Å². The van der Waals surface area contributed by atoms with Gasteiger partial charge in [-0.25, -0.2) is 0 Å². The van der Waals surface area contributed by atoms with E-state index in [1.54, 1.807) is 0 Å². The van der Waals surface area contributed by atoms with Crippen molar-refractivity contribution in [1.29, 1.82) is 0 Å². The summed E-state index contributed by atoms with van der Waals surface area (Å²) in [6.45, 7) is 9.01. The number of hydrogen-bond donors (Lipinski definition) is 0. The molecule has 0 aliphatic heterocycles. The topological polar surface area (TPSA) is 0 Å². The third kappa shape index (κ3) is 1.83. The Morgan fingerprint density at radius 1 is 0.789 bits per heavy atom. The molecule has 0 saturated heterocycles. The molecule has 2 aromatic carbocycles. The van der Waals surface area contributed by atoms with E-state index in [0.29, 0.717) is 0 Å². The van der Waals surface area contributed by atoms with Crippen LogP contribution in [0, 0.1) is 20.8 Å². The van der Waals surface area contributed by atoms with Crippen LogP contribution in [0.3, 0.4) is 0 Å². The van der Waals surface area contributed by atoms with Gasteiger partial charge in [-0.2, -0.15) is 0 Å². The minimum Gasteiger partial charge on any atom is -0.0683 e. The molecular formula is C19H20. The second-order valence-corrected chi connectivity index (χ2v) is 5.68. The smallest absolute Gasteiger partial charge is 0.00576 e.